The van der Waals surface area contributed by atoms with E-state index in [1.807, 2.05) is 6.08 Å². The summed E-state index contributed by atoms with van der Waals surface area (Å²) in [5, 5.41) is 4.29. The molecule has 0 aliphatic carbocycles. The van der Waals surface area contributed by atoms with Crippen LogP contribution < -0.4 is 10.2 Å². The maximum absolute atomic E-state index is 6.48. The van der Waals surface area contributed by atoms with Crippen molar-refractivity contribution in [3.63, 3.8) is 0 Å². The van der Waals surface area contributed by atoms with Crippen LogP contribution in [-0.4, -0.2) is 19.1 Å². The van der Waals surface area contributed by atoms with E-state index >= 15 is 0 Å². The number of nitrogens with zero attached hydrogens (tertiary/aromatic N) is 1. The molecule has 1 atom stereocenters. The molecule has 0 amide bonds. The molecule has 2 nitrogen and oxygen atoms in total. The fourth-order valence-corrected chi connectivity index (χ4v) is 2.53. The van der Waals surface area contributed by atoms with Gasteiger partial charge >= 0.3 is 0 Å². The van der Waals surface area contributed by atoms with Crippen molar-refractivity contribution in [2.45, 2.75) is 46.2 Å². The lowest BCUT2D eigenvalue weighted by molar-refractivity contribution is 0.570. The molecule has 1 unspecified atom stereocenters. The normalized spacial score (nSPS) is 12.5. The van der Waals surface area contributed by atoms with Crippen LogP contribution in [0.5, 0.6) is 0 Å². The maximum atomic E-state index is 6.48. The number of hydrogen-bond donors (Lipinski definition) is 1. The molecule has 1 N–H and O–H groups in total. The fourth-order valence-electron chi connectivity index (χ4n) is 2.23. The van der Waals surface area contributed by atoms with Gasteiger partial charge in [0, 0.05) is 18.6 Å². The molecule has 0 spiro atoms. The third-order valence-electron chi connectivity index (χ3n) is 3.43. The van der Waals surface area contributed by atoms with Crippen LogP contribution in [0.3, 0.4) is 0 Å². The first-order chi connectivity index (χ1) is 9.51. The van der Waals surface area contributed by atoms with Crippen molar-refractivity contribution in [1.29, 1.82) is 0 Å². The van der Waals surface area contributed by atoms with Crippen LogP contribution in [0.4, 0.5) is 5.69 Å². The predicted molar refractivity (Wildman–Crippen MR) is 90.8 cm³/mol. The first-order valence-electron chi connectivity index (χ1n) is 7.41. The minimum atomic E-state index is 0.327. The molecule has 0 radical (unpaired) electrons. The number of halogens is 1. The van der Waals surface area contributed by atoms with Gasteiger partial charge in [0.1, 0.15) is 0 Å². The quantitative estimate of drug-likeness (QED) is 0.693. The molecule has 0 fully saturated rings. The Morgan fingerprint density at radius 3 is 2.55 bits per heavy atom. The zero-order valence-corrected chi connectivity index (χ0v) is 13.9. The van der Waals surface area contributed by atoms with E-state index in [1.54, 1.807) is 0 Å². The van der Waals surface area contributed by atoms with Crippen molar-refractivity contribution in [3.8, 4) is 0 Å². The van der Waals surface area contributed by atoms with Crippen LogP contribution >= 0.6 is 11.6 Å². The summed E-state index contributed by atoms with van der Waals surface area (Å²) in [6.45, 7) is 14.3. The molecule has 0 heterocycles. The van der Waals surface area contributed by atoms with E-state index in [0.717, 1.165) is 30.2 Å². The number of anilines is 1. The van der Waals surface area contributed by atoms with Crippen molar-refractivity contribution < 1.29 is 0 Å². The van der Waals surface area contributed by atoms with Crippen LogP contribution in [-0.2, 0) is 0 Å². The number of nitrogens with one attached hydrogen (secondary N) is 1. The van der Waals surface area contributed by atoms with Gasteiger partial charge in [-0.3, -0.25) is 0 Å². The summed E-state index contributed by atoms with van der Waals surface area (Å²) < 4.78 is 0. The Hall–Kier alpha value is -0.990. The molecule has 1 aromatic carbocycles. The van der Waals surface area contributed by atoms with Gasteiger partial charge in [0.05, 0.1) is 10.7 Å². The molecule has 3 heteroatoms. The lowest BCUT2D eigenvalue weighted by Crippen LogP contribution is -2.31. The molecule has 0 aliphatic rings. The van der Waals surface area contributed by atoms with Crippen LogP contribution in [0, 0.1) is 0 Å². The zero-order chi connectivity index (χ0) is 15.1. The van der Waals surface area contributed by atoms with Gasteiger partial charge in [-0.2, -0.15) is 0 Å². The Balaban J connectivity index is 2.94. The van der Waals surface area contributed by atoms with Gasteiger partial charge in [-0.25, -0.2) is 0 Å². The summed E-state index contributed by atoms with van der Waals surface area (Å²) in [6.07, 6.45) is 3.05. The molecule has 0 saturated heterocycles. The molecule has 0 bridgehead atoms. The number of hydrogen-bond acceptors (Lipinski definition) is 2. The second kappa shape index (κ2) is 8.33. The van der Waals surface area contributed by atoms with Gasteiger partial charge in [-0.1, -0.05) is 30.7 Å². The van der Waals surface area contributed by atoms with E-state index < -0.39 is 0 Å². The largest absolute Gasteiger partial charge is 0.364 e. The van der Waals surface area contributed by atoms with Crippen LogP contribution in [0.1, 0.15) is 45.7 Å². The van der Waals surface area contributed by atoms with E-state index in [1.165, 1.54) is 5.56 Å². The van der Waals surface area contributed by atoms with Crippen molar-refractivity contribution in [1.82, 2.24) is 5.32 Å². The summed E-state index contributed by atoms with van der Waals surface area (Å²) in [5.74, 6) is 0. The van der Waals surface area contributed by atoms with Crippen molar-refractivity contribution in [2.75, 3.05) is 18.0 Å². The average molecular weight is 295 g/mol. The van der Waals surface area contributed by atoms with Crippen molar-refractivity contribution in [3.05, 3.63) is 41.4 Å². The smallest absolute Gasteiger partial charge is 0.0643 e. The molecular formula is C17H27ClN2. The Bertz CT molecular complexity index is 429. The Labute approximate surface area is 128 Å². The SMILES string of the molecule is C=CCN(c1ccc(C(C)NCCC)cc1Cl)C(C)C. The van der Waals surface area contributed by atoms with E-state index in [-0.39, 0.29) is 0 Å². The van der Waals surface area contributed by atoms with E-state index in [9.17, 15) is 0 Å². The molecular weight excluding hydrogens is 268 g/mol. The highest BCUT2D eigenvalue weighted by Gasteiger charge is 2.14. The second-order valence-electron chi connectivity index (χ2n) is 5.42. The minimum Gasteiger partial charge on any atom is -0.364 e. The first-order valence-corrected chi connectivity index (χ1v) is 7.79. The third kappa shape index (κ3) is 4.53. The first kappa shape index (κ1) is 17.1. The standard InChI is InChI=1S/C17H27ClN2/c1-6-10-19-14(5)15-8-9-17(16(18)12-15)20(11-7-2)13(3)4/h7-9,12-14,19H,2,6,10-11H2,1,3-5H3. The molecule has 112 valence electrons. The van der Waals surface area contributed by atoms with Gasteiger partial charge in [0.2, 0.25) is 0 Å². The zero-order valence-electron chi connectivity index (χ0n) is 13.1. The van der Waals surface area contributed by atoms with E-state index in [2.05, 4.69) is 62.7 Å². The lowest BCUT2D eigenvalue weighted by atomic mass is 10.1. The molecule has 1 aromatic rings. The van der Waals surface area contributed by atoms with Gasteiger partial charge in [0.15, 0.2) is 0 Å². The second-order valence-corrected chi connectivity index (χ2v) is 5.83. The molecule has 1 rings (SSSR count). The van der Waals surface area contributed by atoms with Crippen molar-refractivity contribution >= 4 is 17.3 Å². The number of rotatable bonds is 8. The highest BCUT2D eigenvalue weighted by atomic mass is 35.5. The molecule has 0 saturated carbocycles. The Morgan fingerprint density at radius 2 is 2.05 bits per heavy atom. The molecule has 0 aromatic heterocycles. The van der Waals surface area contributed by atoms with Crippen molar-refractivity contribution in [2.24, 2.45) is 0 Å². The highest BCUT2D eigenvalue weighted by molar-refractivity contribution is 6.33. The van der Waals surface area contributed by atoms with Gasteiger partial charge in [-0.15, -0.1) is 6.58 Å². The summed E-state index contributed by atoms with van der Waals surface area (Å²) in [5.41, 5.74) is 2.31. The highest BCUT2D eigenvalue weighted by Crippen LogP contribution is 2.30. The molecule has 20 heavy (non-hydrogen) atoms. The maximum Gasteiger partial charge on any atom is 0.0643 e. The monoisotopic (exact) mass is 294 g/mol. The van der Waals surface area contributed by atoms with Crippen LogP contribution in [0.2, 0.25) is 5.02 Å². The topological polar surface area (TPSA) is 15.3 Å². The summed E-state index contributed by atoms with van der Waals surface area (Å²) in [7, 11) is 0. The molecule has 0 aliphatic heterocycles. The summed E-state index contributed by atoms with van der Waals surface area (Å²) in [6, 6.07) is 7.07. The third-order valence-corrected chi connectivity index (χ3v) is 3.73. The lowest BCUT2D eigenvalue weighted by Gasteiger charge is -2.29. The average Bonchev–Trinajstić information content (AvgIpc) is 2.42. The predicted octanol–water partition coefficient (Wildman–Crippen LogP) is 4.80. The fraction of sp³-hybridized carbons (Fsp3) is 0.529. The van der Waals surface area contributed by atoms with E-state index in [0.29, 0.717) is 12.1 Å². The summed E-state index contributed by atoms with van der Waals surface area (Å²) in [4.78, 5) is 2.25. The Morgan fingerprint density at radius 1 is 1.35 bits per heavy atom. The van der Waals surface area contributed by atoms with Gasteiger partial charge in [-0.05, 0) is 51.4 Å². The Kier molecular flexibility index (Phi) is 7.11. The minimum absolute atomic E-state index is 0.327. The van der Waals surface area contributed by atoms with E-state index in [4.69, 9.17) is 11.6 Å². The van der Waals surface area contributed by atoms with Gasteiger partial charge in [0.25, 0.3) is 0 Å². The number of benzene rings is 1. The summed E-state index contributed by atoms with van der Waals surface area (Å²) >= 11 is 6.48. The van der Waals surface area contributed by atoms with Crippen LogP contribution in [0.25, 0.3) is 0 Å². The van der Waals surface area contributed by atoms with Gasteiger partial charge < -0.3 is 10.2 Å². The van der Waals surface area contributed by atoms with Crippen LogP contribution in [0.15, 0.2) is 30.9 Å².